The molecule has 68 valence electrons. The van der Waals surface area contributed by atoms with E-state index in [9.17, 15) is 4.79 Å². The molecule has 1 aliphatic rings. The molecule has 2 nitrogen and oxygen atoms in total. The monoisotopic (exact) mass is 239 g/mol. The summed E-state index contributed by atoms with van der Waals surface area (Å²) >= 11 is 3.41. The van der Waals surface area contributed by atoms with E-state index in [1.165, 1.54) is 5.56 Å². The van der Waals surface area contributed by atoms with Gasteiger partial charge < -0.3 is 5.32 Å². The van der Waals surface area contributed by atoms with Crippen LogP contribution in [0.1, 0.15) is 24.0 Å². The maximum atomic E-state index is 11.3. The summed E-state index contributed by atoms with van der Waals surface area (Å²) in [6.07, 6.45) is 0. The number of hydrogen-bond acceptors (Lipinski definition) is 1. The van der Waals surface area contributed by atoms with Crippen molar-refractivity contribution in [3.05, 3.63) is 33.8 Å². The van der Waals surface area contributed by atoms with E-state index in [2.05, 4.69) is 27.3 Å². The number of halogens is 1. The Bertz CT molecular complexity index is 362. The number of carbonyl (C=O) groups is 1. The van der Waals surface area contributed by atoms with Crippen LogP contribution in [0.2, 0.25) is 0 Å². The molecule has 0 radical (unpaired) electrons. The molecule has 0 saturated heterocycles. The average molecular weight is 240 g/mol. The Labute approximate surface area is 85.5 Å². The third-order valence-electron chi connectivity index (χ3n) is 2.42. The molecule has 3 heteroatoms. The molecule has 1 aliphatic heterocycles. The van der Waals surface area contributed by atoms with Crippen LogP contribution in [0.4, 0.5) is 0 Å². The molecule has 1 amide bonds. The van der Waals surface area contributed by atoms with Gasteiger partial charge in [-0.3, -0.25) is 4.79 Å². The van der Waals surface area contributed by atoms with E-state index in [1.807, 2.05) is 19.1 Å². The van der Waals surface area contributed by atoms with Crippen molar-refractivity contribution in [1.29, 1.82) is 0 Å². The maximum Gasteiger partial charge on any atom is 0.227 e. The lowest BCUT2D eigenvalue weighted by molar-refractivity contribution is -0.122. The minimum absolute atomic E-state index is 0.0168. The SMILES string of the molecule is CC1C(=O)NCc2cc(Br)ccc21. The van der Waals surface area contributed by atoms with Crippen LogP contribution in [0.25, 0.3) is 0 Å². The summed E-state index contributed by atoms with van der Waals surface area (Å²) < 4.78 is 1.06. The number of fused-ring (bicyclic) bond motifs is 1. The summed E-state index contributed by atoms with van der Waals surface area (Å²) in [6, 6.07) is 6.06. The van der Waals surface area contributed by atoms with Crippen molar-refractivity contribution in [2.75, 3.05) is 0 Å². The van der Waals surface area contributed by atoms with Gasteiger partial charge in [0.05, 0.1) is 5.92 Å². The molecule has 0 aromatic heterocycles. The zero-order chi connectivity index (χ0) is 9.42. The summed E-state index contributed by atoms with van der Waals surface area (Å²) in [5, 5.41) is 2.86. The van der Waals surface area contributed by atoms with E-state index in [0.717, 1.165) is 10.0 Å². The van der Waals surface area contributed by atoms with E-state index >= 15 is 0 Å². The number of amides is 1. The summed E-state index contributed by atoms with van der Waals surface area (Å²) in [7, 11) is 0. The van der Waals surface area contributed by atoms with Crippen LogP contribution in [0.3, 0.4) is 0 Å². The lowest BCUT2D eigenvalue weighted by Crippen LogP contribution is -2.33. The first-order valence-electron chi connectivity index (χ1n) is 4.24. The summed E-state index contributed by atoms with van der Waals surface area (Å²) in [4.78, 5) is 11.3. The molecular formula is C10H10BrNO. The second-order valence-electron chi connectivity index (χ2n) is 3.28. The second kappa shape index (κ2) is 3.14. The van der Waals surface area contributed by atoms with Crippen LogP contribution >= 0.6 is 15.9 Å². The van der Waals surface area contributed by atoms with Gasteiger partial charge in [0.2, 0.25) is 5.91 Å². The smallest absolute Gasteiger partial charge is 0.227 e. The second-order valence-corrected chi connectivity index (χ2v) is 4.20. The zero-order valence-corrected chi connectivity index (χ0v) is 8.89. The van der Waals surface area contributed by atoms with Crippen LogP contribution < -0.4 is 5.32 Å². The minimum Gasteiger partial charge on any atom is -0.351 e. The highest BCUT2D eigenvalue weighted by atomic mass is 79.9. The van der Waals surface area contributed by atoms with Crippen molar-refractivity contribution < 1.29 is 4.79 Å². The molecule has 1 aromatic rings. The van der Waals surface area contributed by atoms with Crippen molar-refractivity contribution in [1.82, 2.24) is 5.32 Å². The lowest BCUT2D eigenvalue weighted by atomic mass is 9.92. The van der Waals surface area contributed by atoms with Crippen LogP contribution in [-0.4, -0.2) is 5.91 Å². The van der Waals surface area contributed by atoms with E-state index in [4.69, 9.17) is 0 Å². The van der Waals surface area contributed by atoms with Crippen LogP contribution in [0, 0.1) is 0 Å². The van der Waals surface area contributed by atoms with Crippen LogP contribution in [-0.2, 0) is 11.3 Å². The fourth-order valence-electron chi connectivity index (χ4n) is 1.63. The summed E-state index contributed by atoms with van der Waals surface area (Å²) in [5.41, 5.74) is 2.36. The molecule has 1 aromatic carbocycles. The van der Waals surface area contributed by atoms with Gasteiger partial charge in [0, 0.05) is 11.0 Å². The highest BCUT2D eigenvalue weighted by Gasteiger charge is 2.22. The first-order chi connectivity index (χ1) is 6.18. The molecule has 0 bridgehead atoms. The van der Waals surface area contributed by atoms with E-state index in [0.29, 0.717) is 6.54 Å². The highest BCUT2D eigenvalue weighted by Crippen LogP contribution is 2.26. The maximum absolute atomic E-state index is 11.3. The summed E-state index contributed by atoms with van der Waals surface area (Å²) in [5.74, 6) is 0.103. The number of nitrogens with one attached hydrogen (secondary N) is 1. The van der Waals surface area contributed by atoms with Gasteiger partial charge in [0.1, 0.15) is 0 Å². The minimum atomic E-state index is -0.0168. The third-order valence-corrected chi connectivity index (χ3v) is 2.91. The number of carbonyl (C=O) groups excluding carboxylic acids is 1. The zero-order valence-electron chi connectivity index (χ0n) is 7.30. The number of benzene rings is 1. The summed E-state index contributed by atoms with van der Waals surface area (Å²) in [6.45, 7) is 2.58. The number of hydrogen-bond donors (Lipinski definition) is 1. The van der Waals surface area contributed by atoms with E-state index in [-0.39, 0.29) is 11.8 Å². The predicted octanol–water partition coefficient (Wildman–Crippen LogP) is 2.18. The standard InChI is InChI=1S/C10H10BrNO/c1-6-9-3-2-8(11)4-7(9)5-12-10(6)13/h2-4,6H,5H2,1H3,(H,12,13). The molecule has 0 spiro atoms. The molecule has 1 heterocycles. The predicted molar refractivity (Wildman–Crippen MR) is 54.4 cm³/mol. The van der Waals surface area contributed by atoms with E-state index < -0.39 is 0 Å². The first kappa shape index (κ1) is 8.75. The Kier molecular flexibility index (Phi) is 2.12. The van der Waals surface area contributed by atoms with Crippen molar-refractivity contribution in [3.8, 4) is 0 Å². The van der Waals surface area contributed by atoms with E-state index in [1.54, 1.807) is 0 Å². The van der Waals surface area contributed by atoms with Gasteiger partial charge in [-0.2, -0.15) is 0 Å². The fourth-order valence-corrected chi connectivity index (χ4v) is 2.04. The van der Waals surface area contributed by atoms with Crippen LogP contribution in [0.5, 0.6) is 0 Å². The molecular weight excluding hydrogens is 230 g/mol. The number of rotatable bonds is 0. The average Bonchev–Trinajstić information content (AvgIpc) is 2.12. The molecule has 2 rings (SSSR count). The lowest BCUT2D eigenvalue weighted by Gasteiger charge is -2.22. The molecule has 0 saturated carbocycles. The van der Waals surface area contributed by atoms with Gasteiger partial charge in [-0.15, -0.1) is 0 Å². The first-order valence-corrected chi connectivity index (χ1v) is 5.04. The Hall–Kier alpha value is -0.830. The van der Waals surface area contributed by atoms with Gasteiger partial charge >= 0.3 is 0 Å². The molecule has 1 unspecified atom stereocenters. The third kappa shape index (κ3) is 1.48. The van der Waals surface area contributed by atoms with Gasteiger partial charge in [0.15, 0.2) is 0 Å². The topological polar surface area (TPSA) is 29.1 Å². The Morgan fingerprint density at radius 2 is 2.31 bits per heavy atom. The normalized spacial score (nSPS) is 20.8. The van der Waals surface area contributed by atoms with Gasteiger partial charge in [-0.05, 0) is 30.2 Å². The van der Waals surface area contributed by atoms with Gasteiger partial charge in [0.25, 0.3) is 0 Å². The highest BCUT2D eigenvalue weighted by molar-refractivity contribution is 9.10. The molecule has 0 aliphatic carbocycles. The molecule has 1 N–H and O–H groups in total. The largest absolute Gasteiger partial charge is 0.351 e. The van der Waals surface area contributed by atoms with Gasteiger partial charge in [-0.25, -0.2) is 0 Å². The molecule has 0 fully saturated rings. The quantitative estimate of drug-likeness (QED) is 0.739. The van der Waals surface area contributed by atoms with Crippen molar-refractivity contribution >= 4 is 21.8 Å². The molecule has 1 atom stereocenters. The van der Waals surface area contributed by atoms with Crippen molar-refractivity contribution in [2.45, 2.75) is 19.4 Å². The Morgan fingerprint density at radius 1 is 1.54 bits per heavy atom. The molecule has 13 heavy (non-hydrogen) atoms. The Balaban J connectivity index is 2.49. The van der Waals surface area contributed by atoms with Crippen LogP contribution in [0.15, 0.2) is 22.7 Å². The fraction of sp³-hybridized carbons (Fsp3) is 0.300. The Morgan fingerprint density at radius 3 is 3.08 bits per heavy atom. The van der Waals surface area contributed by atoms with Gasteiger partial charge in [-0.1, -0.05) is 22.0 Å². The van der Waals surface area contributed by atoms with Crippen molar-refractivity contribution in [2.24, 2.45) is 0 Å². The van der Waals surface area contributed by atoms with Crippen molar-refractivity contribution in [3.63, 3.8) is 0 Å².